The minimum atomic E-state index is 0.454. The maximum absolute atomic E-state index is 5.37. The van der Waals surface area contributed by atoms with Crippen LogP contribution in [-0.2, 0) is 12.2 Å². The summed E-state index contributed by atoms with van der Waals surface area (Å²) in [5.41, 5.74) is 0. The van der Waals surface area contributed by atoms with Gasteiger partial charge in [-0.3, -0.25) is 0 Å². The van der Waals surface area contributed by atoms with E-state index in [1.54, 1.807) is 0 Å². The first kappa shape index (κ1) is 17.5. The zero-order valence-electron chi connectivity index (χ0n) is 13.3. The normalized spacial score (nSPS) is 14.4. The Bertz CT molecular complexity index is 357. The number of aromatic nitrogens is 2. The lowest BCUT2D eigenvalue weighted by atomic mass is 10.1. The molecule has 2 atom stereocenters. The average molecular weight is 299 g/mol. The van der Waals surface area contributed by atoms with Gasteiger partial charge in [-0.05, 0) is 25.8 Å². The molecular formula is C15H29N3OS. The zero-order valence-corrected chi connectivity index (χ0v) is 14.1. The summed E-state index contributed by atoms with van der Waals surface area (Å²) in [4.78, 5) is 4.51. The molecule has 0 saturated heterocycles. The predicted molar refractivity (Wildman–Crippen MR) is 86.0 cm³/mol. The molecular weight excluding hydrogens is 270 g/mol. The molecule has 0 amide bonds. The Morgan fingerprint density at radius 2 is 2.05 bits per heavy atom. The van der Waals surface area contributed by atoms with Gasteiger partial charge >= 0.3 is 0 Å². The number of nitrogens with one attached hydrogen (secondary N) is 1. The second-order valence-electron chi connectivity index (χ2n) is 5.28. The minimum absolute atomic E-state index is 0.454. The second kappa shape index (κ2) is 10.2. The fourth-order valence-corrected chi connectivity index (χ4v) is 2.74. The van der Waals surface area contributed by atoms with Crippen LogP contribution in [0.5, 0.6) is 0 Å². The van der Waals surface area contributed by atoms with Gasteiger partial charge in [-0.25, -0.2) is 0 Å². The van der Waals surface area contributed by atoms with Crippen molar-refractivity contribution in [2.24, 2.45) is 0 Å². The smallest absolute Gasteiger partial charge is 0.228 e. The van der Waals surface area contributed by atoms with Crippen LogP contribution in [0.3, 0.4) is 0 Å². The summed E-state index contributed by atoms with van der Waals surface area (Å²) in [5, 5.41) is 8.28. The van der Waals surface area contributed by atoms with E-state index in [0.717, 1.165) is 43.3 Å². The molecule has 4 nitrogen and oxygen atoms in total. The monoisotopic (exact) mass is 299 g/mol. The van der Waals surface area contributed by atoms with Gasteiger partial charge < -0.3 is 9.84 Å². The third-order valence-electron chi connectivity index (χ3n) is 3.32. The van der Waals surface area contributed by atoms with Gasteiger partial charge in [0.05, 0.1) is 5.75 Å². The Labute approximate surface area is 127 Å². The largest absolute Gasteiger partial charge is 0.339 e. The first-order chi connectivity index (χ1) is 9.69. The van der Waals surface area contributed by atoms with Crippen molar-refractivity contribution in [2.75, 3.05) is 6.54 Å². The molecule has 0 aliphatic rings. The quantitative estimate of drug-likeness (QED) is 0.673. The number of hydrogen-bond donors (Lipinski definition) is 1. The van der Waals surface area contributed by atoms with Crippen LogP contribution in [0.25, 0.3) is 0 Å². The Kier molecular flexibility index (Phi) is 8.94. The third-order valence-corrected chi connectivity index (χ3v) is 4.65. The Morgan fingerprint density at radius 1 is 1.25 bits per heavy atom. The lowest BCUT2D eigenvalue weighted by Crippen LogP contribution is -2.31. The van der Waals surface area contributed by atoms with E-state index >= 15 is 0 Å². The summed E-state index contributed by atoms with van der Waals surface area (Å²) in [7, 11) is 0. The van der Waals surface area contributed by atoms with E-state index in [2.05, 4.69) is 43.2 Å². The van der Waals surface area contributed by atoms with Gasteiger partial charge in [-0.15, -0.1) is 0 Å². The first-order valence-corrected chi connectivity index (χ1v) is 8.90. The predicted octanol–water partition coefficient (Wildman–Crippen LogP) is 3.81. The van der Waals surface area contributed by atoms with Crippen LogP contribution in [0.2, 0.25) is 0 Å². The highest BCUT2D eigenvalue weighted by atomic mass is 32.2. The molecule has 5 heteroatoms. The lowest BCUT2D eigenvalue weighted by molar-refractivity contribution is 0.347. The zero-order chi connectivity index (χ0) is 14.8. The summed E-state index contributed by atoms with van der Waals surface area (Å²) in [6.07, 6.45) is 5.50. The highest BCUT2D eigenvalue weighted by Crippen LogP contribution is 2.18. The Balaban J connectivity index is 2.43. The van der Waals surface area contributed by atoms with Gasteiger partial charge in [-0.2, -0.15) is 16.7 Å². The van der Waals surface area contributed by atoms with Crippen molar-refractivity contribution in [2.45, 2.75) is 76.8 Å². The van der Waals surface area contributed by atoms with Gasteiger partial charge in [0.15, 0.2) is 5.82 Å². The molecule has 0 spiro atoms. The van der Waals surface area contributed by atoms with E-state index in [9.17, 15) is 0 Å². The molecule has 0 saturated carbocycles. The van der Waals surface area contributed by atoms with Crippen LogP contribution in [-0.4, -0.2) is 28.0 Å². The summed E-state index contributed by atoms with van der Waals surface area (Å²) >= 11 is 1.89. The van der Waals surface area contributed by atoms with E-state index in [0.29, 0.717) is 11.3 Å². The van der Waals surface area contributed by atoms with Crippen molar-refractivity contribution < 1.29 is 4.52 Å². The molecule has 1 aromatic heterocycles. The van der Waals surface area contributed by atoms with Crippen LogP contribution in [0, 0.1) is 0 Å². The Hall–Kier alpha value is -0.550. The number of hydrogen-bond acceptors (Lipinski definition) is 5. The van der Waals surface area contributed by atoms with Crippen LogP contribution in [0.1, 0.15) is 65.1 Å². The second-order valence-corrected chi connectivity index (χ2v) is 6.70. The Morgan fingerprint density at radius 3 is 2.70 bits per heavy atom. The van der Waals surface area contributed by atoms with Crippen LogP contribution in [0.15, 0.2) is 4.52 Å². The van der Waals surface area contributed by atoms with Gasteiger partial charge in [0.1, 0.15) is 0 Å². The fraction of sp³-hybridized carbons (Fsp3) is 0.867. The van der Waals surface area contributed by atoms with Gasteiger partial charge in [0.2, 0.25) is 5.89 Å². The molecule has 1 aromatic rings. The number of thioether (sulfide) groups is 1. The highest BCUT2D eigenvalue weighted by Gasteiger charge is 2.14. The molecule has 1 rings (SSSR count). The van der Waals surface area contributed by atoms with Crippen LogP contribution in [0.4, 0.5) is 0 Å². The van der Waals surface area contributed by atoms with Crippen molar-refractivity contribution in [3.05, 3.63) is 11.7 Å². The molecule has 0 aliphatic heterocycles. The van der Waals surface area contributed by atoms with E-state index in [1.807, 2.05) is 11.8 Å². The molecule has 0 aromatic carbocycles. The standard InChI is InChI=1S/C15H29N3OS/c1-5-8-13(16-9-6-2)10-15-17-14(18-19-15)11-20-12(4)7-3/h12-13,16H,5-11H2,1-4H3. The topological polar surface area (TPSA) is 51.0 Å². The molecule has 1 heterocycles. The van der Waals surface area contributed by atoms with Gasteiger partial charge in [0.25, 0.3) is 0 Å². The molecule has 20 heavy (non-hydrogen) atoms. The molecule has 2 unspecified atom stereocenters. The van der Waals surface area contributed by atoms with Crippen molar-refractivity contribution in [1.29, 1.82) is 0 Å². The molecule has 116 valence electrons. The molecule has 1 N–H and O–H groups in total. The van der Waals surface area contributed by atoms with Gasteiger partial charge in [-0.1, -0.05) is 39.3 Å². The minimum Gasteiger partial charge on any atom is -0.339 e. The third kappa shape index (κ3) is 6.75. The van der Waals surface area contributed by atoms with Crippen molar-refractivity contribution in [3.8, 4) is 0 Å². The summed E-state index contributed by atoms with van der Waals surface area (Å²) in [5.74, 6) is 2.45. The summed E-state index contributed by atoms with van der Waals surface area (Å²) in [6.45, 7) is 9.89. The van der Waals surface area contributed by atoms with E-state index in [4.69, 9.17) is 4.52 Å². The average Bonchev–Trinajstić information content (AvgIpc) is 2.90. The highest BCUT2D eigenvalue weighted by molar-refractivity contribution is 7.99. The van der Waals surface area contributed by atoms with E-state index in [-0.39, 0.29) is 0 Å². The molecule has 0 fully saturated rings. The first-order valence-electron chi connectivity index (χ1n) is 7.85. The fourth-order valence-electron chi connectivity index (χ4n) is 1.95. The van der Waals surface area contributed by atoms with Crippen molar-refractivity contribution >= 4 is 11.8 Å². The molecule has 0 aliphatic carbocycles. The van der Waals surface area contributed by atoms with Crippen molar-refractivity contribution in [3.63, 3.8) is 0 Å². The van der Waals surface area contributed by atoms with E-state index in [1.165, 1.54) is 12.8 Å². The molecule has 0 bridgehead atoms. The maximum atomic E-state index is 5.37. The summed E-state index contributed by atoms with van der Waals surface area (Å²) in [6, 6.07) is 0.454. The lowest BCUT2D eigenvalue weighted by Gasteiger charge is -2.15. The van der Waals surface area contributed by atoms with Gasteiger partial charge in [0, 0.05) is 17.7 Å². The molecule has 0 radical (unpaired) electrons. The maximum Gasteiger partial charge on any atom is 0.228 e. The number of rotatable bonds is 11. The SMILES string of the molecule is CCCNC(CCC)Cc1nc(CSC(C)CC)no1. The summed E-state index contributed by atoms with van der Waals surface area (Å²) < 4.78 is 5.37. The van der Waals surface area contributed by atoms with Crippen LogP contribution < -0.4 is 5.32 Å². The number of nitrogens with zero attached hydrogens (tertiary/aromatic N) is 2. The van der Waals surface area contributed by atoms with Crippen LogP contribution >= 0.6 is 11.8 Å². The van der Waals surface area contributed by atoms with E-state index < -0.39 is 0 Å². The van der Waals surface area contributed by atoms with Crippen molar-refractivity contribution in [1.82, 2.24) is 15.5 Å².